The average molecular weight is 747 g/mol. The Balaban J connectivity index is 0.000000168. The second-order valence-corrected chi connectivity index (χ2v) is 17.6. The molecule has 1 aliphatic carbocycles. The van der Waals surface area contributed by atoms with E-state index in [1.54, 1.807) is 5.19 Å². The summed E-state index contributed by atoms with van der Waals surface area (Å²) < 4.78 is 2.74. The predicted molar refractivity (Wildman–Crippen MR) is 174 cm³/mol. The van der Waals surface area contributed by atoms with Gasteiger partial charge >= 0.3 is 0 Å². The first kappa shape index (κ1) is 29.5. The van der Waals surface area contributed by atoms with Crippen LogP contribution in [0.3, 0.4) is 0 Å². The third-order valence-electron chi connectivity index (χ3n) is 7.79. The Morgan fingerprint density at radius 3 is 2.22 bits per heavy atom. The van der Waals surface area contributed by atoms with Gasteiger partial charge in [0.05, 0.1) is 8.07 Å². The largest absolute Gasteiger partial charge is 0.305 e. The third-order valence-corrected chi connectivity index (χ3v) is 11.3. The molecule has 7 rings (SSSR count). The van der Waals surface area contributed by atoms with E-state index in [1.807, 2.05) is 60.1 Å². The smallest absolute Gasteiger partial charge is 0.0794 e. The minimum absolute atomic E-state index is 0. The van der Waals surface area contributed by atoms with E-state index < -0.39 is 8.07 Å². The number of rotatable bonds is 4. The number of hydrogen-bond acceptors (Lipinski definition) is 3. The molecular weight excluding hydrogens is 713 g/mol. The molecule has 1 fully saturated rings. The van der Waals surface area contributed by atoms with Crippen molar-refractivity contribution in [3.63, 3.8) is 0 Å². The van der Waals surface area contributed by atoms with Crippen LogP contribution in [0.5, 0.6) is 0 Å². The zero-order valence-electron chi connectivity index (χ0n) is 23.8. The van der Waals surface area contributed by atoms with Crippen LogP contribution < -0.4 is 5.19 Å². The number of benzene rings is 3. The van der Waals surface area contributed by atoms with Gasteiger partial charge in [0.15, 0.2) is 0 Å². The van der Waals surface area contributed by atoms with Crippen molar-refractivity contribution in [3.05, 3.63) is 115 Å². The molecule has 0 bridgehead atoms. The molecule has 5 heteroatoms. The van der Waals surface area contributed by atoms with E-state index in [2.05, 4.69) is 90.3 Å². The summed E-state index contributed by atoms with van der Waals surface area (Å²) in [6.45, 7) is 7.24. The summed E-state index contributed by atoms with van der Waals surface area (Å²) in [5, 5.41) is 4.24. The molecule has 2 nitrogen and oxygen atoms in total. The number of thiophene rings is 1. The molecule has 0 aliphatic heterocycles. The quantitative estimate of drug-likeness (QED) is 0.133. The molecule has 0 unspecified atom stereocenters. The van der Waals surface area contributed by atoms with E-state index in [0.29, 0.717) is 0 Å². The van der Waals surface area contributed by atoms with E-state index >= 15 is 0 Å². The number of nitrogens with zero attached hydrogens (tertiary/aromatic N) is 2. The maximum Gasteiger partial charge on any atom is 0.0794 e. The minimum atomic E-state index is -1.37. The SMILES string of the molecule is C[Si](C)(C)c1cccc2c1sc1c(-c3ccccn3)[c-]ccc12.[Ir].[c-]1ccccc1-c1ccc(C2CCCC2)cn1. The Kier molecular flexibility index (Phi) is 9.30. The van der Waals surface area contributed by atoms with Crippen LogP contribution in [-0.2, 0) is 20.1 Å². The van der Waals surface area contributed by atoms with E-state index in [-0.39, 0.29) is 20.1 Å². The molecule has 3 aromatic carbocycles. The first-order chi connectivity index (χ1) is 19.5. The molecular formula is C36H34IrN2SSi-2. The molecule has 209 valence electrons. The first-order valence-electron chi connectivity index (χ1n) is 14.2. The van der Waals surface area contributed by atoms with Gasteiger partial charge < -0.3 is 9.97 Å². The van der Waals surface area contributed by atoms with Crippen LogP contribution in [0.4, 0.5) is 0 Å². The molecule has 0 N–H and O–H groups in total. The van der Waals surface area contributed by atoms with Crippen molar-refractivity contribution in [1.82, 2.24) is 9.97 Å². The van der Waals surface area contributed by atoms with Crippen LogP contribution in [0.1, 0.15) is 37.2 Å². The Hall–Kier alpha value is -2.95. The van der Waals surface area contributed by atoms with Crippen LogP contribution in [0.25, 0.3) is 42.7 Å². The fraction of sp³-hybridized carbons (Fsp3) is 0.222. The van der Waals surface area contributed by atoms with Gasteiger partial charge in [-0.15, -0.1) is 59.7 Å². The van der Waals surface area contributed by atoms with E-state index in [4.69, 9.17) is 0 Å². The van der Waals surface area contributed by atoms with Gasteiger partial charge in [0.1, 0.15) is 0 Å². The summed E-state index contributed by atoms with van der Waals surface area (Å²) in [7, 11) is -1.37. The van der Waals surface area contributed by atoms with Crippen LogP contribution in [-0.4, -0.2) is 18.0 Å². The number of pyridine rings is 2. The van der Waals surface area contributed by atoms with Gasteiger partial charge in [0.25, 0.3) is 0 Å². The summed E-state index contributed by atoms with van der Waals surface area (Å²) in [5.41, 5.74) is 5.62. The Bertz CT molecular complexity index is 1720. The molecule has 0 atom stereocenters. The zero-order valence-corrected chi connectivity index (χ0v) is 28.0. The Labute approximate surface area is 262 Å². The molecule has 0 saturated heterocycles. The van der Waals surface area contributed by atoms with Gasteiger partial charge in [-0.25, -0.2) is 0 Å². The number of fused-ring (bicyclic) bond motifs is 3. The number of hydrogen-bond donors (Lipinski definition) is 0. The van der Waals surface area contributed by atoms with Gasteiger partial charge in [-0.3, -0.25) is 0 Å². The molecule has 1 aliphatic rings. The van der Waals surface area contributed by atoms with Crippen molar-refractivity contribution in [2.75, 3.05) is 0 Å². The third kappa shape index (κ3) is 6.44. The fourth-order valence-corrected chi connectivity index (χ4v) is 9.38. The summed E-state index contributed by atoms with van der Waals surface area (Å²) in [4.78, 5) is 9.09. The summed E-state index contributed by atoms with van der Waals surface area (Å²) >= 11 is 1.90. The fourth-order valence-electron chi connectivity index (χ4n) is 5.67. The van der Waals surface area contributed by atoms with Gasteiger partial charge in [-0.05, 0) is 57.1 Å². The van der Waals surface area contributed by atoms with Gasteiger partial charge in [0, 0.05) is 37.2 Å². The summed E-state index contributed by atoms with van der Waals surface area (Å²) in [5.74, 6) is 0.747. The zero-order chi connectivity index (χ0) is 27.5. The molecule has 3 heterocycles. The van der Waals surface area contributed by atoms with Crippen LogP contribution in [0.2, 0.25) is 19.6 Å². The molecule has 0 spiro atoms. The van der Waals surface area contributed by atoms with Crippen LogP contribution >= 0.6 is 11.3 Å². The monoisotopic (exact) mass is 747 g/mol. The second-order valence-electron chi connectivity index (χ2n) is 11.6. The molecule has 0 amide bonds. The van der Waals surface area contributed by atoms with Crippen LogP contribution in [0.15, 0.2) is 97.3 Å². The average Bonchev–Trinajstić information content (AvgIpc) is 3.67. The van der Waals surface area contributed by atoms with Gasteiger partial charge in [-0.2, -0.15) is 11.3 Å². The predicted octanol–water partition coefficient (Wildman–Crippen LogP) is 9.67. The maximum absolute atomic E-state index is 4.56. The molecule has 1 saturated carbocycles. The first-order valence-corrected chi connectivity index (χ1v) is 18.5. The normalized spacial score (nSPS) is 13.5. The molecule has 1 radical (unpaired) electrons. The van der Waals surface area contributed by atoms with Crippen molar-refractivity contribution in [2.24, 2.45) is 0 Å². The Morgan fingerprint density at radius 1 is 0.732 bits per heavy atom. The standard InChI is InChI=1S/C20H18NSSi.C16H16N.Ir/c1-23(2,3)18-12-7-9-15-14-8-6-10-16(19(14)22-20(15)18)17-11-4-5-13-21-17;1-2-8-14(9-3-1)16-11-10-15(12-17-16)13-6-4-5-7-13;/h4-9,11-13H,1-3H3;1-3,8,10-13H,4-7H2;/q2*-1;. The molecule has 3 aromatic heterocycles. The summed E-state index contributed by atoms with van der Waals surface area (Å²) in [6.07, 6.45) is 9.31. The van der Waals surface area contributed by atoms with Crippen molar-refractivity contribution < 1.29 is 20.1 Å². The van der Waals surface area contributed by atoms with E-state index in [0.717, 1.165) is 28.4 Å². The van der Waals surface area contributed by atoms with Crippen LogP contribution in [0, 0.1) is 12.1 Å². The van der Waals surface area contributed by atoms with Crippen molar-refractivity contribution in [1.29, 1.82) is 0 Å². The van der Waals surface area contributed by atoms with Crippen molar-refractivity contribution >= 4 is 44.8 Å². The van der Waals surface area contributed by atoms with Crippen molar-refractivity contribution in [3.8, 4) is 22.5 Å². The topological polar surface area (TPSA) is 25.8 Å². The molecule has 6 aromatic rings. The van der Waals surface area contributed by atoms with E-state index in [9.17, 15) is 0 Å². The van der Waals surface area contributed by atoms with Gasteiger partial charge in [0.2, 0.25) is 0 Å². The minimum Gasteiger partial charge on any atom is -0.305 e. The maximum atomic E-state index is 4.56. The number of aromatic nitrogens is 2. The van der Waals surface area contributed by atoms with Gasteiger partial charge in [-0.1, -0.05) is 80.3 Å². The summed E-state index contributed by atoms with van der Waals surface area (Å²) in [6, 6.07) is 36.0. The van der Waals surface area contributed by atoms with Crippen molar-refractivity contribution in [2.45, 2.75) is 51.2 Å². The van der Waals surface area contributed by atoms with E-state index in [1.165, 1.54) is 51.4 Å². The Morgan fingerprint density at radius 2 is 1.54 bits per heavy atom. The second kappa shape index (κ2) is 12.9. The molecule has 41 heavy (non-hydrogen) atoms.